The average molecular weight is 463 g/mol. The van der Waals surface area contributed by atoms with Crippen LogP contribution in [0.2, 0.25) is 5.15 Å². The largest absolute Gasteiger partial charge is 0.444 e. The van der Waals surface area contributed by atoms with Crippen LogP contribution in [0.25, 0.3) is 5.69 Å². The zero-order valence-corrected chi connectivity index (χ0v) is 19.6. The Hall–Kier alpha value is -2.58. The predicted octanol–water partition coefficient (Wildman–Crippen LogP) is 5.89. The molecule has 0 radical (unpaired) electrons. The summed E-state index contributed by atoms with van der Waals surface area (Å²) in [4.78, 5) is 18.7. The number of aromatic nitrogens is 3. The van der Waals surface area contributed by atoms with E-state index in [1.807, 2.05) is 45.9 Å². The second kappa shape index (κ2) is 9.28. The number of aryl methyl sites for hydroxylation is 1. The van der Waals surface area contributed by atoms with Crippen molar-refractivity contribution in [1.82, 2.24) is 19.7 Å². The van der Waals surface area contributed by atoms with Crippen LogP contribution in [0, 0.1) is 12.7 Å². The van der Waals surface area contributed by atoms with Crippen LogP contribution in [0.3, 0.4) is 0 Å². The lowest BCUT2D eigenvalue weighted by atomic mass is 10.2. The van der Waals surface area contributed by atoms with Gasteiger partial charge in [0.15, 0.2) is 0 Å². The van der Waals surface area contributed by atoms with Crippen molar-refractivity contribution in [2.75, 3.05) is 7.05 Å². The number of carbonyl (C=O) groups excluding carboxylic acids is 1. The molecule has 1 aromatic carbocycles. The minimum absolute atomic E-state index is 0.210. The zero-order chi connectivity index (χ0) is 22.8. The summed E-state index contributed by atoms with van der Waals surface area (Å²) in [7, 11) is 1.63. The van der Waals surface area contributed by atoms with Crippen molar-refractivity contribution in [2.24, 2.45) is 0 Å². The number of benzene rings is 1. The molecule has 3 aromatic rings. The summed E-state index contributed by atoms with van der Waals surface area (Å²) in [6, 6.07) is 10.3. The fraction of sp³-hybridized carbons (Fsp3) is 0.318. The average Bonchev–Trinajstić information content (AvgIpc) is 3.04. The number of pyridine rings is 1. The Kier molecular flexibility index (Phi) is 6.91. The van der Waals surface area contributed by atoms with Crippen molar-refractivity contribution < 1.29 is 13.9 Å². The van der Waals surface area contributed by atoms with Gasteiger partial charge in [-0.15, -0.1) is 0 Å². The van der Waals surface area contributed by atoms with Crippen molar-refractivity contribution >= 4 is 29.5 Å². The lowest BCUT2D eigenvalue weighted by Gasteiger charge is -2.24. The van der Waals surface area contributed by atoms with Crippen molar-refractivity contribution in [3.63, 3.8) is 0 Å². The quantitative estimate of drug-likeness (QED) is 0.442. The van der Waals surface area contributed by atoms with Gasteiger partial charge in [0.25, 0.3) is 0 Å². The smallest absolute Gasteiger partial charge is 0.410 e. The van der Waals surface area contributed by atoms with E-state index in [-0.39, 0.29) is 12.4 Å². The molecule has 0 saturated heterocycles. The first kappa shape index (κ1) is 23.1. The third kappa shape index (κ3) is 6.21. The summed E-state index contributed by atoms with van der Waals surface area (Å²) >= 11 is 7.25. The van der Waals surface area contributed by atoms with E-state index in [0.29, 0.717) is 21.6 Å². The van der Waals surface area contributed by atoms with Crippen molar-refractivity contribution in [1.29, 1.82) is 0 Å². The highest BCUT2D eigenvalue weighted by Gasteiger charge is 2.22. The molecule has 0 unspecified atom stereocenters. The van der Waals surface area contributed by atoms with Gasteiger partial charge in [0.2, 0.25) is 0 Å². The number of hydrogen-bond acceptors (Lipinski definition) is 5. The second-order valence-corrected chi connectivity index (χ2v) is 9.58. The van der Waals surface area contributed by atoms with Crippen LogP contribution in [0.5, 0.6) is 0 Å². The van der Waals surface area contributed by atoms with Gasteiger partial charge >= 0.3 is 6.09 Å². The topological polar surface area (TPSA) is 60.2 Å². The molecule has 3 rings (SSSR count). The SMILES string of the molecule is Cc1ccc(-n2nc(CN(C)C(=O)OC(C)(C)C)cc2Sc2ccc(Cl)nc2)c(F)c1. The fourth-order valence-electron chi connectivity index (χ4n) is 2.71. The number of ether oxygens (including phenoxy) is 1. The van der Waals surface area contributed by atoms with Crippen LogP contribution in [-0.4, -0.2) is 38.4 Å². The number of halogens is 2. The Morgan fingerprint density at radius 3 is 2.61 bits per heavy atom. The fourth-order valence-corrected chi connectivity index (χ4v) is 3.72. The summed E-state index contributed by atoms with van der Waals surface area (Å²) in [5, 5.41) is 5.63. The summed E-state index contributed by atoms with van der Waals surface area (Å²) in [6.07, 6.45) is 1.18. The highest BCUT2D eigenvalue weighted by atomic mass is 35.5. The molecule has 0 spiro atoms. The van der Waals surface area contributed by atoms with Crippen LogP contribution < -0.4 is 0 Å². The molecule has 0 atom stereocenters. The van der Waals surface area contributed by atoms with Gasteiger partial charge in [-0.25, -0.2) is 18.9 Å². The molecule has 0 bridgehead atoms. The summed E-state index contributed by atoms with van der Waals surface area (Å²) < 4.78 is 21.6. The van der Waals surface area contributed by atoms with Crippen LogP contribution >= 0.6 is 23.4 Å². The molecule has 9 heteroatoms. The maximum Gasteiger partial charge on any atom is 0.410 e. The number of amides is 1. The van der Waals surface area contributed by atoms with Gasteiger partial charge in [-0.2, -0.15) is 5.10 Å². The molecule has 0 aliphatic rings. The van der Waals surface area contributed by atoms with Crippen molar-refractivity contribution in [3.05, 3.63) is 64.8 Å². The zero-order valence-electron chi connectivity index (χ0n) is 18.0. The number of carbonyl (C=O) groups is 1. The third-order valence-corrected chi connectivity index (χ3v) is 5.29. The lowest BCUT2D eigenvalue weighted by Crippen LogP contribution is -2.33. The summed E-state index contributed by atoms with van der Waals surface area (Å²) in [5.74, 6) is -0.383. The second-order valence-electron chi connectivity index (χ2n) is 8.10. The van der Waals surface area contributed by atoms with E-state index in [2.05, 4.69) is 10.1 Å². The van der Waals surface area contributed by atoms with E-state index in [1.165, 1.54) is 27.4 Å². The van der Waals surface area contributed by atoms with Gasteiger partial charge < -0.3 is 9.64 Å². The molecule has 6 nitrogen and oxygen atoms in total. The van der Waals surface area contributed by atoms with Gasteiger partial charge in [0.05, 0.1) is 12.2 Å². The Labute approximate surface area is 190 Å². The van der Waals surface area contributed by atoms with Gasteiger partial charge in [-0.3, -0.25) is 0 Å². The Morgan fingerprint density at radius 1 is 1.26 bits per heavy atom. The molecule has 2 aromatic heterocycles. The Bertz CT molecular complexity index is 1080. The van der Waals surface area contributed by atoms with Crippen LogP contribution in [0.4, 0.5) is 9.18 Å². The van der Waals surface area contributed by atoms with Crippen LogP contribution in [-0.2, 0) is 11.3 Å². The first-order valence-corrected chi connectivity index (χ1v) is 10.8. The third-order valence-electron chi connectivity index (χ3n) is 4.09. The van der Waals surface area contributed by atoms with Crippen molar-refractivity contribution in [3.8, 4) is 5.69 Å². The van der Waals surface area contributed by atoms with Crippen LogP contribution in [0.1, 0.15) is 32.0 Å². The van der Waals surface area contributed by atoms with E-state index in [1.54, 1.807) is 25.4 Å². The van der Waals surface area contributed by atoms with Crippen LogP contribution in [0.15, 0.2) is 52.5 Å². The van der Waals surface area contributed by atoms with Gasteiger partial charge in [0, 0.05) is 18.1 Å². The number of nitrogens with zero attached hydrogens (tertiary/aromatic N) is 4. The van der Waals surface area contributed by atoms with Gasteiger partial charge in [-0.1, -0.05) is 29.4 Å². The monoisotopic (exact) mass is 462 g/mol. The maximum absolute atomic E-state index is 14.7. The normalized spacial score (nSPS) is 11.5. The number of hydrogen-bond donors (Lipinski definition) is 0. The van der Waals surface area contributed by atoms with E-state index < -0.39 is 11.7 Å². The maximum atomic E-state index is 14.7. The molecule has 2 heterocycles. The van der Waals surface area contributed by atoms with Gasteiger partial charge in [-0.05, 0) is 63.6 Å². The lowest BCUT2D eigenvalue weighted by molar-refractivity contribution is 0.0283. The van der Waals surface area contributed by atoms with Gasteiger partial charge in [0.1, 0.15) is 27.3 Å². The summed E-state index contributed by atoms with van der Waals surface area (Å²) in [6.45, 7) is 7.46. The molecule has 0 saturated carbocycles. The molecule has 0 aliphatic heterocycles. The minimum Gasteiger partial charge on any atom is -0.444 e. The van der Waals surface area contributed by atoms with E-state index in [4.69, 9.17) is 16.3 Å². The minimum atomic E-state index is -0.599. The predicted molar refractivity (Wildman–Crippen MR) is 119 cm³/mol. The Balaban J connectivity index is 1.93. The molecule has 1 amide bonds. The molecule has 0 N–H and O–H groups in total. The molecule has 164 valence electrons. The first-order valence-electron chi connectivity index (χ1n) is 9.61. The highest BCUT2D eigenvalue weighted by Crippen LogP contribution is 2.31. The standard InChI is InChI=1S/C22H24ClFN4O2S/c1-14-6-8-18(17(24)10-14)28-20(31-16-7-9-19(23)25-12-16)11-15(26-28)13-27(5)21(29)30-22(2,3)4/h6-12H,13H2,1-5H3. The van der Waals surface area contributed by atoms with E-state index >= 15 is 0 Å². The molecule has 0 fully saturated rings. The number of rotatable bonds is 5. The molecule has 31 heavy (non-hydrogen) atoms. The van der Waals surface area contributed by atoms with E-state index in [9.17, 15) is 9.18 Å². The molecule has 0 aliphatic carbocycles. The van der Waals surface area contributed by atoms with E-state index in [0.717, 1.165) is 10.5 Å². The van der Waals surface area contributed by atoms with Crippen molar-refractivity contribution in [2.45, 2.75) is 49.8 Å². The first-order chi connectivity index (χ1) is 14.5. The Morgan fingerprint density at radius 2 is 2.00 bits per heavy atom. The molecular formula is C22H24ClFN4O2S. The molecular weight excluding hydrogens is 439 g/mol. The highest BCUT2D eigenvalue weighted by molar-refractivity contribution is 7.99. The summed E-state index contributed by atoms with van der Waals surface area (Å²) in [5.41, 5.74) is 1.13.